The number of ether oxygens (including phenoxy) is 3. The number of rotatable bonds is 5. The van der Waals surface area contributed by atoms with Crippen molar-refractivity contribution in [2.75, 3.05) is 26.6 Å². The van der Waals surface area contributed by atoms with Gasteiger partial charge in [0.25, 0.3) is 5.91 Å². The van der Waals surface area contributed by atoms with E-state index in [1.807, 2.05) is 25.1 Å². The summed E-state index contributed by atoms with van der Waals surface area (Å²) in [4.78, 5) is 12.5. The Morgan fingerprint density at radius 1 is 0.957 bits per heavy atom. The molecule has 0 aliphatic rings. The van der Waals surface area contributed by atoms with Crippen LogP contribution in [0.5, 0.6) is 17.2 Å². The Labute approximate surface area is 143 Å². The summed E-state index contributed by atoms with van der Waals surface area (Å²) in [5.41, 5.74) is 2.05. The zero-order valence-corrected chi connectivity index (χ0v) is 15.0. The van der Waals surface area contributed by atoms with Crippen LogP contribution in [0.2, 0.25) is 0 Å². The fraction of sp³-hybridized carbons (Fsp3) is 0.235. The smallest absolute Gasteiger partial charge is 0.256 e. The van der Waals surface area contributed by atoms with E-state index < -0.39 is 0 Å². The molecule has 2 aromatic rings. The third-order valence-corrected chi connectivity index (χ3v) is 4.09. The number of halogens is 1. The van der Waals surface area contributed by atoms with E-state index in [4.69, 9.17) is 14.2 Å². The van der Waals surface area contributed by atoms with Crippen molar-refractivity contribution in [1.29, 1.82) is 0 Å². The Bertz CT molecular complexity index is 706. The number of nitrogens with one attached hydrogen (secondary N) is 1. The molecule has 0 saturated carbocycles. The molecule has 0 saturated heterocycles. The summed E-state index contributed by atoms with van der Waals surface area (Å²) >= 11 is 3.38. The van der Waals surface area contributed by atoms with E-state index >= 15 is 0 Å². The molecule has 0 atom stereocenters. The topological polar surface area (TPSA) is 56.8 Å². The average molecular weight is 380 g/mol. The van der Waals surface area contributed by atoms with Gasteiger partial charge >= 0.3 is 0 Å². The van der Waals surface area contributed by atoms with E-state index in [2.05, 4.69) is 21.2 Å². The van der Waals surface area contributed by atoms with Gasteiger partial charge in [-0.1, -0.05) is 6.07 Å². The van der Waals surface area contributed by atoms with Gasteiger partial charge in [0.2, 0.25) is 0 Å². The maximum absolute atomic E-state index is 12.5. The lowest BCUT2D eigenvalue weighted by Gasteiger charge is -2.13. The number of methoxy groups -OCH3 is 3. The molecule has 2 aromatic carbocycles. The highest BCUT2D eigenvalue weighted by atomic mass is 79.9. The van der Waals surface area contributed by atoms with Crippen LogP contribution in [0.3, 0.4) is 0 Å². The molecule has 0 radical (unpaired) electrons. The van der Waals surface area contributed by atoms with Gasteiger partial charge in [0.05, 0.1) is 27.0 Å². The molecule has 2 rings (SSSR count). The lowest BCUT2D eigenvalue weighted by molar-refractivity contribution is 0.102. The van der Waals surface area contributed by atoms with Crippen molar-refractivity contribution in [3.63, 3.8) is 0 Å². The number of hydrogen-bond acceptors (Lipinski definition) is 4. The first kappa shape index (κ1) is 17.1. The number of carbonyl (C=O) groups is 1. The molecule has 5 nitrogen and oxygen atoms in total. The molecule has 0 aromatic heterocycles. The minimum absolute atomic E-state index is 0.280. The van der Waals surface area contributed by atoms with Gasteiger partial charge < -0.3 is 19.5 Å². The molecule has 0 fully saturated rings. The Morgan fingerprint density at radius 2 is 1.52 bits per heavy atom. The van der Waals surface area contributed by atoms with Crippen LogP contribution in [0.1, 0.15) is 15.9 Å². The predicted molar refractivity (Wildman–Crippen MR) is 92.9 cm³/mol. The lowest BCUT2D eigenvalue weighted by atomic mass is 10.1. The fourth-order valence-electron chi connectivity index (χ4n) is 2.11. The summed E-state index contributed by atoms with van der Waals surface area (Å²) in [6.45, 7) is 1.95. The molecule has 0 spiro atoms. The van der Waals surface area contributed by atoms with Crippen LogP contribution in [0.4, 0.5) is 5.69 Å². The van der Waals surface area contributed by atoms with Crippen LogP contribution in [0.25, 0.3) is 0 Å². The quantitative estimate of drug-likeness (QED) is 0.851. The Balaban J connectivity index is 2.36. The predicted octanol–water partition coefficient (Wildman–Crippen LogP) is 4.04. The first-order chi connectivity index (χ1) is 11.0. The molecule has 0 heterocycles. The Hall–Kier alpha value is -2.21. The largest absolute Gasteiger partial charge is 0.495 e. The number of benzene rings is 2. The maximum Gasteiger partial charge on any atom is 0.256 e. The van der Waals surface area contributed by atoms with E-state index in [0.29, 0.717) is 33.0 Å². The van der Waals surface area contributed by atoms with Crippen molar-refractivity contribution >= 4 is 27.5 Å². The average Bonchev–Trinajstić information content (AvgIpc) is 2.55. The molecule has 1 amide bonds. The van der Waals surface area contributed by atoms with E-state index in [0.717, 1.165) is 5.56 Å². The third kappa shape index (κ3) is 3.76. The van der Waals surface area contributed by atoms with Gasteiger partial charge in [0, 0.05) is 5.56 Å². The summed E-state index contributed by atoms with van der Waals surface area (Å²) in [5, 5.41) is 2.85. The minimum atomic E-state index is -0.280. The van der Waals surface area contributed by atoms with Crippen molar-refractivity contribution in [3.8, 4) is 17.2 Å². The normalized spacial score (nSPS) is 10.1. The lowest BCUT2D eigenvalue weighted by Crippen LogP contribution is -2.13. The van der Waals surface area contributed by atoms with E-state index in [1.165, 1.54) is 14.2 Å². The van der Waals surface area contributed by atoms with Crippen LogP contribution in [-0.4, -0.2) is 27.2 Å². The first-order valence-corrected chi connectivity index (χ1v) is 7.67. The molecule has 23 heavy (non-hydrogen) atoms. The standard InChI is InChI=1S/C17H18BrNO4/c1-10-5-6-13(21-2)12(7-10)19-17(20)11-8-14(22-3)16(18)15(9-11)23-4/h5-9H,1-4H3,(H,19,20). The third-order valence-electron chi connectivity index (χ3n) is 3.31. The van der Waals surface area contributed by atoms with Crippen molar-refractivity contribution in [2.24, 2.45) is 0 Å². The summed E-state index contributed by atoms with van der Waals surface area (Å²) in [6.07, 6.45) is 0. The zero-order chi connectivity index (χ0) is 17.0. The van der Waals surface area contributed by atoms with Crippen LogP contribution in [-0.2, 0) is 0 Å². The van der Waals surface area contributed by atoms with Gasteiger partial charge in [-0.3, -0.25) is 4.79 Å². The monoisotopic (exact) mass is 379 g/mol. The SMILES string of the molecule is COc1ccc(C)cc1NC(=O)c1cc(OC)c(Br)c(OC)c1. The van der Waals surface area contributed by atoms with Crippen LogP contribution < -0.4 is 19.5 Å². The van der Waals surface area contributed by atoms with E-state index in [9.17, 15) is 4.79 Å². The van der Waals surface area contributed by atoms with E-state index in [-0.39, 0.29) is 5.91 Å². The van der Waals surface area contributed by atoms with Gasteiger partial charge in [0.1, 0.15) is 21.7 Å². The molecule has 0 aliphatic carbocycles. The molecule has 0 bridgehead atoms. The highest BCUT2D eigenvalue weighted by Gasteiger charge is 2.16. The zero-order valence-electron chi connectivity index (χ0n) is 13.4. The molecule has 6 heteroatoms. The molecule has 0 aliphatic heterocycles. The minimum Gasteiger partial charge on any atom is -0.495 e. The summed E-state index contributed by atoms with van der Waals surface area (Å²) in [6, 6.07) is 8.87. The van der Waals surface area contributed by atoms with Crippen molar-refractivity contribution in [2.45, 2.75) is 6.92 Å². The van der Waals surface area contributed by atoms with Crippen LogP contribution in [0, 0.1) is 6.92 Å². The highest BCUT2D eigenvalue weighted by Crippen LogP contribution is 2.36. The number of carbonyl (C=O) groups excluding carboxylic acids is 1. The van der Waals surface area contributed by atoms with Crippen molar-refractivity contribution in [3.05, 3.63) is 45.9 Å². The summed E-state index contributed by atoms with van der Waals surface area (Å²) in [5.74, 6) is 1.36. The second-order valence-electron chi connectivity index (χ2n) is 4.85. The van der Waals surface area contributed by atoms with Crippen LogP contribution in [0.15, 0.2) is 34.8 Å². The first-order valence-electron chi connectivity index (χ1n) is 6.87. The molecule has 122 valence electrons. The Morgan fingerprint density at radius 3 is 2.04 bits per heavy atom. The van der Waals surface area contributed by atoms with Crippen molar-refractivity contribution < 1.29 is 19.0 Å². The number of hydrogen-bond donors (Lipinski definition) is 1. The van der Waals surface area contributed by atoms with Gasteiger partial charge in [-0.05, 0) is 52.7 Å². The van der Waals surface area contributed by atoms with Crippen LogP contribution >= 0.6 is 15.9 Å². The summed E-state index contributed by atoms with van der Waals surface area (Å²) < 4.78 is 16.5. The number of aryl methyl sites for hydroxylation is 1. The van der Waals surface area contributed by atoms with Gasteiger partial charge in [-0.25, -0.2) is 0 Å². The number of amides is 1. The fourth-order valence-corrected chi connectivity index (χ4v) is 2.67. The Kier molecular flexibility index (Phi) is 5.50. The van der Waals surface area contributed by atoms with E-state index in [1.54, 1.807) is 19.2 Å². The molecular formula is C17H18BrNO4. The van der Waals surface area contributed by atoms with Gasteiger partial charge in [-0.2, -0.15) is 0 Å². The van der Waals surface area contributed by atoms with Crippen molar-refractivity contribution in [1.82, 2.24) is 0 Å². The molecule has 0 unspecified atom stereocenters. The molecular weight excluding hydrogens is 362 g/mol. The second kappa shape index (κ2) is 7.37. The maximum atomic E-state index is 12.5. The highest BCUT2D eigenvalue weighted by molar-refractivity contribution is 9.10. The van der Waals surface area contributed by atoms with Gasteiger partial charge in [0.15, 0.2) is 0 Å². The number of anilines is 1. The summed E-state index contributed by atoms with van der Waals surface area (Å²) in [7, 11) is 4.63. The van der Waals surface area contributed by atoms with Gasteiger partial charge in [-0.15, -0.1) is 0 Å². The molecule has 1 N–H and O–H groups in total. The second-order valence-corrected chi connectivity index (χ2v) is 5.65.